The number of likely N-dealkylation sites (tertiary alicyclic amines) is 1. The number of imide groups is 1. The number of nitrogens with zero attached hydrogens (tertiary/aromatic N) is 2. The molecule has 0 radical (unpaired) electrons. The van der Waals surface area contributed by atoms with Gasteiger partial charge in [-0.15, -0.1) is 0 Å². The summed E-state index contributed by atoms with van der Waals surface area (Å²) >= 11 is 0. The van der Waals surface area contributed by atoms with Crippen molar-refractivity contribution in [2.75, 3.05) is 27.2 Å². The standard InChI is InChI=1S/C18H24N2O4/c1-5-20(6-2)16(22)12-18(11-15(21)19(3)17(18)23)13-8-7-9-14(10-13)24-4/h7-10H,5-6,11-12H2,1-4H3/t18-/m1/s1. The minimum absolute atomic E-state index is 0.00249. The summed E-state index contributed by atoms with van der Waals surface area (Å²) in [6.07, 6.45) is -0.0146. The van der Waals surface area contributed by atoms with Gasteiger partial charge < -0.3 is 9.64 Å². The molecule has 3 amide bonds. The summed E-state index contributed by atoms with van der Waals surface area (Å²) < 4.78 is 5.24. The predicted molar refractivity (Wildman–Crippen MR) is 89.6 cm³/mol. The van der Waals surface area contributed by atoms with E-state index in [1.807, 2.05) is 13.8 Å². The third kappa shape index (κ3) is 3.00. The Morgan fingerprint density at radius 3 is 2.46 bits per heavy atom. The Morgan fingerprint density at radius 1 is 1.29 bits per heavy atom. The van der Waals surface area contributed by atoms with Gasteiger partial charge in [-0.25, -0.2) is 0 Å². The van der Waals surface area contributed by atoms with Gasteiger partial charge in [0.1, 0.15) is 5.75 Å². The normalized spacial score (nSPS) is 20.4. The molecular weight excluding hydrogens is 308 g/mol. The summed E-state index contributed by atoms with van der Waals surface area (Å²) in [6.45, 7) is 4.93. The molecular formula is C18H24N2O4. The minimum Gasteiger partial charge on any atom is -0.497 e. The summed E-state index contributed by atoms with van der Waals surface area (Å²) in [7, 11) is 3.01. The Morgan fingerprint density at radius 2 is 1.96 bits per heavy atom. The summed E-state index contributed by atoms with van der Waals surface area (Å²) in [5.41, 5.74) is -0.509. The van der Waals surface area contributed by atoms with Gasteiger partial charge in [-0.3, -0.25) is 19.3 Å². The maximum absolute atomic E-state index is 12.9. The molecule has 0 N–H and O–H groups in total. The Kier molecular flexibility index (Phi) is 5.26. The SMILES string of the molecule is CCN(CC)C(=O)C[C@@]1(c2cccc(OC)c2)CC(=O)N(C)C1=O. The summed E-state index contributed by atoms with van der Waals surface area (Å²) in [5.74, 6) is -0.132. The van der Waals surface area contributed by atoms with E-state index in [0.717, 1.165) is 4.90 Å². The zero-order valence-corrected chi connectivity index (χ0v) is 14.7. The molecule has 1 aromatic rings. The molecule has 1 saturated heterocycles. The average Bonchev–Trinajstić information content (AvgIpc) is 2.81. The fourth-order valence-corrected chi connectivity index (χ4v) is 3.22. The van der Waals surface area contributed by atoms with Crippen LogP contribution in [0.25, 0.3) is 0 Å². The first-order valence-electron chi connectivity index (χ1n) is 8.13. The largest absolute Gasteiger partial charge is 0.497 e. The zero-order chi connectivity index (χ0) is 17.9. The Hall–Kier alpha value is -2.37. The number of hydrogen-bond acceptors (Lipinski definition) is 4. The van der Waals surface area contributed by atoms with Crippen molar-refractivity contribution in [2.24, 2.45) is 0 Å². The van der Waals surface area contributed by atoms with Crippen LogP contribution >= 0.6 is 0 Å². The van der Waals surface area contributed by atoms with E-state index in [0.29, 0.717) is 24.4 Å². The van der Waals surface area contributed by atoms with Crippen molar-refractivity contribution in [1.82, 2.24) is 9.80 Å². The van der Waals surface area contributed by atoms with Crippen molar-refractivity contribution >= 4 is 17.7 Å². The molecule has 0 aliphatic carbocycles. The number of carbonyl (C=O) groups excluding carboxylic acids is 3. The number of benzene rings is 1. The number of hydrogen-bond donors (Lipinski definition) is 0. The highest BCUT2D eigenvalue weighted by molar-refractivity contribution is 6.10. The Balaban J connectivity index is 2.49. The first kappa shape index (κ1) is 18.0. The van der Waals surface area contributed by atoms with E-state index in [-0.39, 0.29) is 30.6 Å². The van der Waals surface area contributed by atoms with E-state index in [1.54, 1.807) is 36.3 Å². The molecule has 24 heavy (non-hydrogen) atoms. The van der Waals surface area contributed by atoms with Crippen LogP contribution < -0.4 is 4.74 Å². The van der Waals surface area contributed by atoms with Gasteiger partial charge in [-0.05, 0) is 31.5 Å². The molecule has 2 rings (SSSR count). The fourth-order valence-electron chi connectivity index (χ4n) is 3.22. The lowest BCUT2D eigenvalue weighted by molar-refractivity contribution is -0.141. The van der Waals surface area contributed by atoms with Gasteiger partial charge in [0, 0.05) is 33.0 Å². The highest BCUT2D eigenvalue weighted by Gasteiger charge is 2.52. The van der Waals surface area contributed by atoms with Crippen molar-refractivity contribution in [3.05, 3.63) is 29.8 Å². The van der Waals surface area contributed by atoms with Crippen molar-refractivity contribution in [2.45, 2.75) is 32.1 Å². The molecule has 6 heteroatoms. The topological polar surface area (TPSA) is 66.9 Å². The van der Waals surface area contributed by atoms with Gasteiger partial charge in [-0.1, -0.05) is 12.1 Å². The third-order valence-corrected chi connectivity index (χ3v) is 4.73. The van der Waals surface area contributed by atoms with Crippen LogP contribution in [0.2, 0.25) is 0 Å². The van der Waals surface area contributed by atoms with Crippen LogP contribution in [-0.2, 0) is 19.8 Å². The van der Waals surface area contributed by atoms with Gasteiger partial charge in [0.05, 0.1) is 12.5 Å². The van der Waals surface area contributed by atoms with Crippen LogP contribution in [0.15, 0.2) is 24.3 Å². The first-order chi connectivity index (χ1) is 11.4. The fraction of sp³-hybridized carbons (Fsp3) is 0.500. The summed E-state index contributed by atoms with van der Waals surface area (Å²) in [4.78, 5) is 40.5. The number of methoxy groups -OCH3 is 1. The summed E-state index contributed by atoms with van der Waals surface area (Å²) in [6, 6.07) is 7.06. The highest BCUT2D eigenvalue weighted by atomic mass is 16.5. The van der Waals surface area contributed by atoms with E-state index >= 15 is 0 Å². The van der Waals surface area contributed by atoms with E-state index in [1.165, 1.54) is 7.05 Å². The van der Waals surface area contributed by atoms with Gasteiger partial charge in [0.2, 0.25) is 17.7 Å². The Bertz CT molecular complexity index is 654. The molecule has 0 bridgehead atoms. The van der Waals surface area contributed by atoms with Crippen LogP contribution in [0.3, 0.4) is 0 Å². The molecule has 0 saturated carbocycles. The molecule has 130 valence electrons. The van der Waals surface area contributed by atoms with Crippen LogP contribution in [0.5, 0.6) is 5.75 Å². The minimum atomic E-state index is -1.15. The molecule has 1 aromatic carbocycles. The van der Waals surface area contributed by atoms with Gasteiger partial charge in [0.15, 0.2) is 0 Å². The first-order valence-corrected chi connectivity index (χ1v) is 8.13. The van der Waals surface area contributed by atoms with E-state index < -0.39 is 5.41 Å². The van der Waals surface area contributed by atoms with Gasteiger partial charge in [-0.2, -0.15) is 0 Å². The van der Waals surface area contributed by atoms with Gasteiger partial charge in [0.25, 0.3) is 0 Å². The van der Waals surface area contributed by atoms with Crippen molar-refractivity contribution in [1.29, 1.82) is 0 Å². The lowest BCUT2D eigenvalue weighted by Gasteiger charge is -2.29. The molecule has 1 aliphatic heterocycles. The van der Waals surface area contributed by atoms with Crippen molar-refractivity contribution in [3.63, 3.8) is 0 Å². The van der Waals surface area contributed by atoms with Crippen molar-refractivity contribution < 1.29 is 19.1 Å². The molecule has 1 heterocycles. The molecule has 0 spiro atoms. The maximum atomic E-state index is 12.9. The second kappa shape index (κ2) is 7.03. The molecule has 1 fully saturated rings. The number of amides is 3. The van der Waals surface area contributed by atoms with Crippen LogP contribution in [0.1, 0.15) is 32.3 Å². The van der Waals surface area contributed by atoms with E-state index in [9.17, 15) is 14.4 Å². The van der Waals surface area contributed by atoms with E-state index in [2.05, 4.69) is 0 Å². The smallest absolute Gasteiger partial charge is 0.240 e. The zero-order valence-electron chi connectivity index (χ0n) is 14.7. The van der Waals surface area contributed by atoms with Crippen LogP contribution in [-0.4, -0.2) is 54.8 Å². The Labute approximate surface area is 142 Å². The third-order valence-electron chi connectivity index (χ3n) is 4.73. The summed E-state index contributed by atoms with van der Waals surface area (Å²) in [5, 5.41) is 0. The average molecular weight is 332 g/mol. The number of ether oxygens (including phenoxy) is 1. The van der Waals surface area contributed by atoms with Gasteiger partial charge >= 0.3 is 0 Å². The number of rotatable bonds is 6. The monoisotopic (exact) mass is 332 g/mol. The van der Waals surface area contributed by atoms with Crippen LogP contribution in [0.4, 0.5) is 0 Å². The lowest BCUT2D eigenvalue weighted by atomic mass is 9.75. The lowest BCUT2D eigenvalue weighted by Crippen LogP contribution is -2.42. The molecule has 1 atom stereocenters. The maximum Gasteiger partial charge on any atom is 0.240 e. The highest BCUT2D eigenvalue weighted by Crippen LogP contribution is 2.40. The quantitative estimate of drug-likeness (QED) is 0.742. The van der Waals surface area contributed by atoms with E-state index in [4.69, 9.17) is 4.74 Å². The predicted octanol–water partition coefficient (Wildman–Crippen LogP) is 1.58. The second-order valence-corrected chi connectivity index (χ2v) is 5.99. The van der Waals surface area contributed by atoms with Crippen molar-refractivity contribution in [3.8, 4) is 5.75 Å². The molecule has 0 aromatic heterocycles. The molecule has 6 nitrogen and oxygen atoms in total. The van der Waals surface area contributed by atoms with Crippen LogP contribution in [0, 0.1) is 0 Å². The molecule has 0 unspecified atom stereocenters. The second-order valence-electron chi connectivity index (χ2n) is 5.99. The number of carbonyl (C=O) groups is 3. The molecule has 1 aliphatic rings. The number of likely N-dealkylation sites (N-methyl/N-ethyl adjacent to an activating group) is 1.